The van der Waals surface area contributed by atoms with E-state index in [1.54, 1.807) is 30.3 Å². The van der Waals surface area contributed by atoms with Crippen LogP contribution in [-0.4, -0.2) is 24.8 Å². The van der Waals surface area contributed by atoms with Crippen LogP contribution < -0.4 is 0 Å². The normalized spacial score (nSPS) is 10.9. The van der Waals surface area contributed by atoms with Crippen molar-refractivity contribution in [2.45, 2.75) is 26.9 Å². The minimum absolute atomic E-state index is 0.00538. The second-order valence-electron chi connectivity index (χ2n) is 4.52. The van der Waals surface area contributed by atoms with Gasteiger partial charge in [-0.3, -0.25) is 9.59 Å². The molecule has 0 aliphatic rings. The lowest BCUT2D eigenvalue weighted by Gasteiger charge is -2.08. The van der Waals surface area contributed by atoms with Crippen molar-refractivity contribution in [2.24, 2.45) is 0 Å². The van der Waals surface area contributed by atoms with Crippen LogP contribution in [0.15, 0.2) is 29.8 Å². The first-order chi connectivity index (χ1) is 9.93. The molecule has 21 heavy (non-hydrogen) atoms. The van der Waals surface area contributed by atoms with Gasteiger partial charge in [0.1, 0.15) is 12.4 Å². The van der Waals surface area contributed by atoms with Gasteiger partial charge in [0.15, 0.2) is 0 Å². The molecule has 5 nitrogen and oxygen atoms in total. The quantitative estimate of drug-likeness (QED) is 0.594. The first kappa shape index (κ1) is 16.6. The number of benzene rings is 1. The molecule has 0 saturated heterocycles. The van der Waals surface area contributed by atoms with Gasteiger partial charge in [-0.2, -0.15) is 0 Å². The van der Waals surface area contributed by atoms with Gasteiger partial charge in [-0.15, -0.1) is 0 Å². The highest BCUT2D eigenvalue weighted by Crippen LogP contribution is 2.17. The van der Waals surface area contributed by atoms with Crippen LogP contribution >= 0.6 is 0 Å². The second-order valence-corrected chi connectivity index (χ2v) is 4.52. The largest absolute Gasteiger partial charge is 0.466 e. The van der Waals surface area contributed by atoms with Crippen LogP contribution in [0.25, 0.3) is 6.08 Å². The first-order valence-corrected chi connectivity index (χ1v) is 6.43. The molecule has 0 fully saturated rings. The molecule has 0 saturated carbocycles. The summed E-state index contributed by atoms with van der Waals surface area (Å²) < 4.78 is 9.65. The van der Waals surface area contributed by atoms with Gasteiger partial charge < -0.3 is 9.47 Å². The Morgan fingerprint density at radius 3 is 2.38 bits per heavy atom. The van der Waals surface area contributed by atoms with E-state index in [-0.39, 0.29) is 30.4 Å². The van der Waals surface area contributed by atoms with Crippen LogP contribution in [0.5, 0.6) is 0 Å². The summed E-state index contributed by atoms with van der Waals surface area (Å²) in [4.78, 5) is 33.8. The Labute approximate surface area is 123 Å². The van der Waals surface area contributed by atoms with Crippen molar-refractivity contribution >= 4 is 23.8 Å². The van der Waals surface area contributed by atoms with Crippen molar-refractivity contribution in [3.05, 3.63) is 41.0 Å². The SMILES string of the molecule is COC(=O)/C(=C\c1ccccc1COC(C)=O)CC(C)=O. The van der Waals surface area contributed by atoms with E-state index in [2.05, 4.69) is 4.74 Å². The first-order valence-electron chi connectivity index (χ1n) is 6.43. The molecule has 5 heteroatoms. The average Bonchev–Trinajstić information content (AvgIpc) is 2.44. The van der Waals surface area contributed by atoms with E-state index in [9.17, 15) is 14.4 Å². The van der Waals surface area contributed by atoms with Crippen molar-refractivity contribution in [1.29, 1.82) is 0 Å². The molecule has 0 unspecified atom stereocenters. The van der Waals surface area contributed by atoms with E-state index in [0.29, 0.717) is 5.56 Å². The number of ether oxygens (including phenoxy) is 2. The van der Waals surface area contributed by atoms with Crippen LogP contribution in [0.4, 0.5) is 0 Å². The summed E-state index contributed by atoms with van der Waals surface area (Å²) in [5, 5.41) is 0. The van der Waals surface area contributed by atoms with Gasteiger partial charge in [-0.05, 0) is 24.1 Å². The third kappa shape index (κ3) is 5.60. The van der Waals surface area contributed by atoms with Crippen LogP contribution in [-0.2, 0) is 30.5 Å². The van der Waals surface area contributed by atoms with Crippen LogP contribution in [0.2, 0.25) is 0 Å². The molecule has 112 valence electrons. The monoisotopic (exact) mass is 290 g/mol. The minimum atomic E-state index is -0.549. The van der Waals surface area contributed by atoms with Crippen LogP contribution in [0.1, 0.15) is 31.4 Å². The molecule has 0 radical (unpaired) electrons. The Balaban J connectivity index is 3.10. The highest BCUT2D eigenvalue weighted by molar-refractivity contribution is 5.99. The summed E-state index contributed by atoms with van der Waals surface area (Å²) in [5.41, 5.74) is 1.72. The number of carbonyl (C=O) groups excluding carboxylic acids is 3. The molecular weight excluding hydrogens is 272 g/mol. The zero-order valence-electron chi connectivity index (χ0n) is 12.3. The third-order valence-electron chi connectivity index (χ3n) is 2.70. The molecule has 1 rings (SSSR count). The van der Waals surface area contributed by atoms with Crippen molar-refractivity contribution < 1.29 is 23.9 Å². The topological polar surface area (TPSA) is 69.7 Å². The Hall–Kier alpha value is -2.43. The lowest BCUT2D eigenvalue weighted by Crippen LogP contribution is -2.08. The molecular formula is C16H18O5. The molecule has 0 heterocycles. The lowest BCUT2D eigenvalue weighted by molar-refractivity contribution is -0.142. The van der Waals surface area contributed by atoms with E-state index in [4.69, 9.17) is 4.74 Å². The highest BCUT2D eigenvalue weighted by atomic mass is 16.5. The summed E-state index contributed by atoms with van der Waals surface area (Å²) in [6.45, 7) is 2.84. The molecule has 0 atom stereocenters. The molecule has 1 aromatic carbocycles. The number of hydrogen-bond acceptors (Lipinski definition) is 5. The van der Waals surface area contributed by atoms with Gasteiger partial charge in [0.25, 0.3) is 0 Å². The van der Waals surface area contributed by atoms with E-state index < -0.39 is 5.97 Å². The van der Waals surface area contributed by atoms with Gasteiger partial charge in [-0.25, -0.2) is 4.79 Å². The minimum Gasteiger partial charge on any atom is -0.466 e. The summed E-state index contributed by atoms with van der Waals surface area (Å²) in [5.74, 6) is -1.07. The number of esters is 2. The number of methoxy groups -OCH3 is 1. The van der Waals surface area contributed by atoms with Gasteiger partial charge in [-0.1, -0.05) is 24.3 Å². The van der Waals surface area contributed by atoms with Crippen molar-refractivity contribution in [3.63, 3.8) is 0 Å². The highest BCUT2D eigenvalue weighted by Gasteiger charge is 2.13. The molecule has 0 amide bonds. The Morgan fingerprint density at radius 2 is 1.81 bits per heavy atom. The molecule has 0 bridgehead atoms. The average molecular weight is 290 g/mol. The fourth-order valence-corrected chi connectivity index (χ4v) is 1.75. The predicted octanol–water partition coefficient (Wildman–Crippen LogP) is 2.29. The second kappa shape index (κ2) is 7.99. The molecule has 0 aliphatic carbocycles. The Bertz CT molecular complexity index is 572. The lowest BCUT2D eigenvalue weighted by atomic mass is 10.0. The maximum absolute atomic E-state index is 11.7. The summed E-state index contributed by atoms with van der Waals surface area (Å²) in [6, 6.07) is 7.17. The smallest absolute Gasteiger partial charge is 0.334 e. The number of carbonyl (C=O) groups is 3. The standard InChI is InChI=1S/C16H18O5/c1-11(17)8-15(16(19)20-3)9-13-6-4-5-7-14(13)10-21-12(2)18/h4-7,9H,8,10H2,1-3H3/b15-9-. The number of rotatable bonds is 6. The molecule has 0 aromatic heterocycles. The van der Waals surface area contributed by atoms with Gasteiger partial charge >= 0.3 is 11.9 Å². The van der Waals surface area contributed by atoms with Gasteiger partial charge in [0.05, 0.1) is 7.11 Å². The van der Waals surface area contributed by atoms with Crippen molar-refractivity contribution in [2.75, 3.05) is 7.11 Å². The fraction of sp³-hybridized carbons (Fsp3) is 0.312. The van der Waals surface area contributed by atoms with Crippen molar-refractivity contribution in [1.82, 2.24) is 0 Å². The predicted molar refractivity (Wildman–Crippen MR) is 77.2 cm³/mol. The van der Waals surface area contributed by atoms with E-state index in [1.165, 1.54) is 21.0 Å². The van der Waals surface area contributed by atoms with Gasteiger partial charge in [0.2, 0.25) is 0 Å². The fourth-order valence-electron chi connectivity index (χ4n) is 1.75. The molecule has 0 spiro atoms. The Morgan fingerprint density at radius 1 is 1.14 bits per heavy atom. The van der Waals surface area contributed by atoms with E-state index in [0.717, 1.165) is 5.56 Å². The van der Waals surface area contributed by atoms with E-state index in [1.807, 2.05) is 0 Å². The summed E-state index contributed by atoms with van der Waals surface area (Å²) in [7, 11) is 1.26. The van der Waals surface area contributed by atoms with Crippen LogP contribution in [0.3, 0.4) is 0 Å². The molecule has 0 aliphatic heterocycles. The number of hydrogen-bond donors (Lipinski definition) is 0. The third-order valence-corrected chi connectivity index (χ3v) is 2.70. The summed E-state index contributed by atoms with van der Waals surface area (Å²) >= 11 is 0. The molecule has 1 aromatic rings. The zero-order valence-corrected chi connectivity index (χ0v) is 12.3. The Kier molecular flexibility index (Phi) is 6.33. The van der Waals surface area contributed by atoms with Crippen molar-refractivity contribution in [3.8, 4) is 0 Å². The van der Waals surface area contributed by atoms with Crippen LogP contribution in [0, 0.1) is 0 Å². The zero-order chi connectivity index (χ0) is 15.8. The maximum atomic E-state index is 11.7. The molecule has 0 N–H and O–H groups in total. The van der Waals surface area contributed by atoms with Gasteiger partial charge in [0, 0.05) is 18.9 Å². The number of ketones is 1. The number of Topliss-reactive ketones (excluding diaryl/α,β-unsaturated/α-hetero) is 1. The van der Waals surface area contributed by atoms with E-state index >= 15 is 0 Å². The maximum Gasteiger partial charge on any atom is 0.334 e. The summed E-state index contributed by atoms with van der Waals surface area (Å²) in [6.07, 6.45) is 1.58.